The maximum Gasteiger partial charge on any atom is 0.0186 e. The standard InChI is InChI=1S/C11H23N3S/c1-15-12-6-9-14-7-4-11(5-8-14)13-10-2-3-10/h10-13H,2-9H2,1H3. The van der Waals surface area contributed by atoms with Crippen molar-refractivity contribution in [2.24, 2.45) is 0 Å². The second-order valence-corrected chi connectivity index (χ2v) is 5.35. The maximum absolute atomic E-state index is 3.73. The molecular formula is C11H23N3S. The number of likely N-dealkylation sites (tertiary alicyclic amines) is 1. The third kappa shape index (κ3) is 4.31. The Morgan fingerprint density at radius 1 is 1.13 bits per heavy atom. The molecule has 1 saturated heterocycles. The van der Waals surface area contributed by atoms with E-state index in [9.17, 15) is 0 Å². The fourth-order valence-electron chi connectivity index (χ4n) is 2.21. The van der Waals surface area contributed by atoms with E-state index in [2.05, 4.69) is 21.2 Å². The van der Waals surface area contributed by atoms with Gasteiger partial charge in [0.05, 0.1) is 0 Å². The lowest BCUT2D eigenvalue weighted by molar-refractivity contribution is 0.200. The Balaban J connectivity index is 1.54. The van der Waals surface area contributed by atoms with Gasteiger partial charge in [-0.25, -0.2) is 0 Å². The van der Waals surface area contributed by atoms with Gasteiger partial charge < -0.3 is 10.2 Å². The van der Waals surface area contributed by atoms with E-state index in [4.69, 9.17) is 0 Å². The predicted octanol–water partition coefficient (Wildman–Crippen LogP) is 1.07. The van der Waals surface area contributed by atoms with Crippen molar-refractivity contribution < 1.29 is 0 Å². The second-order valence-electron chi connectivity index (χ2n) is 4.66. The average molecular weight is 229 g/mol. The van der Waals surface area contributed by atoms with Crippen LogP contribution in [0, 0.1) is 0 Å². The van der Waals surface area contributed by atoms with Crippen LogP contribution < -0.4 is 10.0 Å². The molecule has 0 spiro atoms. The topological polar surface area (TPSA) is 27.3 Å². The van der Waals surface area contributed by atoms with E-state index >= 15 is 0 Å². The third-order valence-corrected chi connectivity index (χ3v) is 3.80. The lowest BCUT2D eigenvalue weighted by atomic mass is 10.1. The number of nitrogens with one attached hydrogen (secondary N) is 2. The lowest BCUT2D eigenvalue weighted by Gasteiger charge is -2.32. The number of rotatable bonds is 6. The molecule has 1 saturated carbocycles. The summed E-state index contributed by atoms with van der Waals surface area (Å²) < 4.78 is 3.31. The molecule has 2 aliphatic rings. The van der Waals surface area contributed by atoms with Crippen molar-refractivity contribution in [1.82, 2.24) is 14.9 Å². The first-order valence-corrected chi connectivity index (χ1v) is 7.35. The van der Waals surface area contributed by atoms with Crippen LogP contribution in [0.1, 0.15) is 25.7 Å². The van der Waals surface area contributed by atoms with Gasteiger partial charge in [-0.15, -0.1) is 0 Å². The minimum absolute atomic E-state index is 0.808. The zero-order valence-corrected chi connectivity index (χ0v) is 10.5. The smallest absolute Gasteiger partial charge is 0.0186 e. The van der Waals surface area contributed by atoms with E-state index in [-0.39, 0.29) is 0 Å². The Morgan fingerprint density at radius 2 is 1.80 bits per heavy atom. The van der Waals surface area contributed by atoms with Crippen molar-refractivity contribution in [2.75, 3.05) is 32.4 Å². The summed E-state index contributed by atoms with van der Waals surface area (Å²) >= 11 is 1.72. The molecule has 0 radical (unpaired) electrons. The van der Waals surface area contributed by atoms with Gasteiger partial charge in [0.25, 0.3) is 0 Å². The highest BCUT2D eigenvalue weighted by atomic mass is 32.2. The molecule has 3 nitrogen and oxygen atoms in total. The molecule has 0 atom stereocenters. The van der Waals surface area contributed by atoms with E-state index in [0.29, 0.717) is 0 Å². The summed E-state index contributed by atoms with van der Waals surface area (Å²) in [6.45, 7) is 4.87. The first-order chi connectivity index (χ1) is 7.38. The van der Waals surface area contributed by atoms with E-state index in [1.54, 1.807) is 11.9 Å². The molecule has 88 valence electrons. The first kappa shape index (κ1) is 11.7. The molecule has 0 aromatic heterocycles. The van der Waals surface area contributed by atoms with Crippen LogP contribution in [0.25, 0.3) is 0 Å². The van der Waals surface area contributed by atoms with Crippen LogP contribution in [0.4, 0.5) is 0 Å². The molecule has 0 bridgehead atoms. The summed E-state index contributed by atoms with van der Waals surface area (Å²) in [5, 5.41) is 3.73. The number of piperidine rings is 1. The van der Waals surface area contributed by atoms with E-state index in [1.807, 2.05) is 0 Å². The fraction of sp³-hybridized carbons (Fsp3) is 1.00. The molecule has 0 aromatic rings. The van der Waals surface area contributed by atoms with Gasteiger partial charge in [0.2, 0.25) is 0 Å². The fourth-order valence-corrected chi connectivity index (χ4v) is 2.51. The van der Waals surface area contributed by atoms with Crippen molar-refractivity contribution in [3.63, 3.8) is 0 Å². The quantitative estimate of drug-likeness (QED) is 0.526. The van der Waals surface area contributed by atoms with Crippen molar-refractivity contribution in [3.8, 4) is 0 Å². The van der Waals surface area contributed by atoms with Gasteiger partial charge in [-0.1, -0.05) is 11.9 Å². The summed E-state index contributed by atoms with van der Waals surface area (Å²) in [6.07, 6.45) is 7.60. The minimum Gasteiger partial charge on any atom is -0.311 e. The molecule has 2 fully saturated rings. The van der Waals surface area contributed by atoms with Crippen LogP contribution in [-0.2, 0) is 0 Å². The van der Waals surface area contributed by atoms with Crippen LogP contribution in [-0.4, -0.2) is 49.4 Å². The normalized spacial score (nSPS) is 24.6. The third-order valence-electron chi connectivity index (χ3n) is 3.31. The number of hydrogen-bond donors (Lipinski definition) is 2. The SMILES string of the molecule is CSNCCN1CCC(NC2CC2)CC1. The van der Waals surface area contributed by atoms with Gasteiger partial charge in [0.1, 0.15) is 0 Å². The van der Waals surface area contributed by atoms with Gasteiger partial charge in [-0.3, -0.25) is 4.72 Å². The molecule has 4 heteroatoms. The van der Waals surface area contributed by atoms with Crippen molar-refractivity contribution in [2.45, 2.75) is 37.8 Å². The molecule has 0 aromatic carbocycles. The summed E-state index contributed by atoms with van der Waals surface area (Å²) in [4.78, 5) is 2.58. The molecule has 0 amide bonds. The Kier molecular flexibility index (Phi) is 4.75. The van der Waals surface area contributed by atoms with Gasteiger partial charge in [-0.05, 0) is 45.0 Å². The molecular weight excluding hydrogens is 206 g/mol. The Morgan fingerprint density at radius 3 is 2.40 bits per heavy atom. The summed E-state index contributed by atoms with van der Waals surface area (Å²) in [5.41, 5.74) is 0. The largest absolute Gasteiger partial charge is 0.311 e. The minimum atomic E-state index is 0.808. The van der Waals surface area contributed by atoms with Crippen LogP contribution >= 0.6 is 11.9 Å². The molecule has 15 heavy (non-hydrogen) atoms. The monoisotopic (exact) mass is 229 g/mol. The van der Waals surface area contributed by atoms with Crippen LogP contribution in [0.3, 0.4) is 0 Å². The predicted molar refractivity (Wildman–Crippen MR) is 67.1 cm³/mol. The van der Waals surface area contributed by atoms with Gasteiger partial charge >= 0.3 is 0 Å². The van der Waals surface area contributed by atoms with E-state index in [0.717, 1.165) is 18.6 Å². The molecule has 1 aliphatic heterocycles. The van der Waals surface area contributed by atoms with Gasteiger partial charge in [0.15, 0.2) is 0 Å². The zero-order chi connectivity index (χ0) is 10.5. The van der Waals surface area contributed by atoms with Crippen LogP contribution in [0.15, 0.2) is 0 Å². The van der Waals surface area contributed by atoms with Crippen molar-refractivity contribution >= 4 is 11.9 Å². The molecule has 1 aliphatic carbocycles. The molecule has 2 rings (SSSR count). The maximum atomic E-state index is 3.73. The van der Waals surface area contributed by atoms with E-state index in [1.165, 1.54) is 45.3 Å². The van der Waals surface area contributed by atoms with Crippen molar-refractivity contribution in [3.05, 3.63) is 0 Å². The highest BCUT2D eigenvalue weighted by molar-refractivity contribution is 7.96. The Labute approximate surface area is 97.5 Å². The summed E-state index contributed by atoms with van der Waals surface area (Å²) in [6, 6.07) is 1.68. The highest BCUT2D eigenvalue weighted by Crippen LogP contribution is 2.22. The van der Waals surface area contributed by atoms with Gasteiger partial charge in [0, 0.05) is 25.2 Å². The molecule has 2 N–H and O–H groups in total. The summed E-state index contributed by atoms with van der Waals surface area (Å²) in [7, 11) is 0. The lowest BCUT2D eigenvalue weighted by Crippen LogP contribution is -2.44. The second kappa shape index (κ2) is 6.09. The summed E-state index contributed by atoms with van der Waals surface area (Å²) in [5.74, 6) is 0. The van der Waals surface area contributed by atoms with Crippen LogP contribution in [0.5, 0.6) is 0 Å². The average Bonchev–Trinajstić information content (AvgIpc) is 3.05. The van der Waals surface area contributed by atoms with Gasteiger partial charge in [-0.2, -0.15) is 0 Å². The molecule has 1 heterocycles. The van der Waals surface area contributed by atoms with Crippen molar-refractivity contribution in [1.29, 1.82) is 0 Å². The number of hydrogen-bond acceptors (Lipinski definition) is 4. The highest BCUT2D eigenvalue weighted by Gasteiger charge is 2.26. The molecule has 0 unspecified atom stereocenters. The first-order valence-electron chi connectivity index (χ1n) is 6.12. The van der Waals surface area contributed by atoms with E-state index < -0.39 is 0 Å². The van der Waals surface area contributed by atoms with Crippen LogP contribution in [0.2, 0.25) is 0 Å². The number of nitrogens with zero attached hydrogens (tertiary/aromatic N) is 1. The Bertz CT molecular complexity index is 177. The Hall–Kier alpha value is 0.230. The zero-order valence-electron chi connectivity index (χ0n) is 9.67.